The van der Waals surface area contributed by atoms with E-state index in [0.29, 0.717) is 0 Å². The van der Waals surface area contributed by atoms with Gasteiger partial charge in [0, 0.05) is 37.6 Å². The first-order valence-corrected chi connectivity index (χ1v) is 7.52. The van der Waals surface area contributed by atoms with Gasteiger partial charge < -0.3 is 14.4 Å². The minimum atomic E-state index is -0.250. The molecule has 0 aliphatic carbocycles. The number of imidazole rings is 2. The Morgan fingerprint density at radius 2 is 2.17 bits per heavy atom. The molecule has 2 aromatic heterocycles. The highest BCUT2D eigenvalue weighted by Gasteiger charge is 2.19. The maximum absolute atomic E-state index is 8.36. The lowest BCUT2D eigenvalue weighted by Gasteiger charge is -2.10. The number of ether oxygens (including phenoxy) is 1. The lowest BCUT2D eigenvalue weighted by molar-refractivity contribution is -0.122. The summed E-state index contributed by atoms with van der Waals surface area (Å²) in [6.45, 7) is 2.49. The third kappa shape index (κ3) is 2.76. The number of carboxylic acid groups (broad SMARTS) is 1. The van der Waals surface area contributed by atoms with Gasteiger partial charge in [0.1, 0.15) is 17.3 Å². The van der Waals surface area contributed by atoms with E-state index < -0.39 is 0 Å². The average molecular weight is 326 g/mol. The second-order valence-electron chi connectivity index (χ2n) is 5.36. The highest BCUT2D eigenvalue weighted by atomic mass is 16.5. The largest absolute Gasteiger partial charge is 0.493 e. The van der Waals surface area contributed by atoms with Crippen LogP contribution in [-0.2, 0) is 18.3 Å². The van der Waals surface area contributed by atoms with E-state index in [4.69, 9.17) is 14.6 Å². The Morgan fingerprint density at radius 1 is 1.38 bits per heavy atom. The first kappa shape index (κ1) is 15.8. The van der Waals surface area contributed by atoms with Gasteiger partial charge in [-0.25, -0.2) is 9.97 Å². The fourth-order valence-corrected chi connectivity index (χ4v) is 2.78. The summed E-state index contributed by atoms with van der Waals surface area (Å²) < 4.78 is 9.75. The second kappa shape index (κ2) is 6.57. The predicted molar refractivity (Wildman–Crippen MR) is 88.4 cm³/mol. The minimum absolute atomic E-state index is 0.250. The quantitative estimate of drug-likeness (QED) is 0.730. The van der Waals surface area contributed by atoms with E-state index in [1.807, 2.05) is 49.3 Å². The van der Waals surface area contributed by atoms with E-state index in [9.17, 15) is 0 Å². The molecule has 1 N–H and O–H groups in total. The molecule has 0 bridgehead atoms. The van der Waals surface area contributed by atoms with Crippen molar-refractivity contribution < 1.29 is 14.6 Å². The maximum atomic E-state index is 8.36. The molecule has 7 nitrogen and oxygen atoms in total. The molecule has 0 atom stereocenters. The molecule has 0 saturated heterocycles. The highest BCUT2D eigenvalue weighted by molar-refractivity contribution is 5.59. The van der Waals surface area contributed by atoms with Gasteiger partial charge in [-0.15, -0.1) is 0 Å². The lowest BCUT2D eigenvalue weighted by atomic mass is 10.1. The van der Waals surface area contributed by atoms with Crippen LogP contribution in [0.4, 0.5) is 0 Å². The summed E-state index contributed by atoms with van der Waals surface area (Å²) >= 11 is 0. The summed E-state index contributed by atoms with van der Waals surface area (Å²) in [4.78, 5) is 17.4. The molecular formula is C17H18N4O3. The molecular weight excluding hydrogens is 308 g/mol. The van der Waals surface area contributed by atoms with Crippen molar-refractivity contribution in [2.75, 3.05) is 6.61 Å². The number of rotatable bonds is 2. The van der Waals surface area contributed by atoms with Gasteiger partial charge in [0.25, 0.3) is 6.47 Å². The summed E-state index contributed by atoms with van der Waals surface area (Å²) in [7, 11) is 1.99. The summed E-state index contributed by atoms with van der Waals surface area (Å²) in [6, 6.07) is 6.15. The van der Waals surface area contributed by atoms with E-state index in [1.54, 1.807) is 0 Å². The molecule has 4 rings (SSSR count). The first-order chi connectivity index (χ1) is 11.7. The summed E-state index contributed by atoms with van der Waals surface area (Å²) in [5, 5.41) is 6.89. The minimum Gasteiger partial charge on any atom is -0.493 e. The van der Waals surface area contributed by atoms with Crippen LogP contribution in [0.5, 0.6) is 5.75 Å². The Labute approximate surface area is 139 Å². The average Bonchev–Trinajstić information content (AvgIpc) is 3.28. The van der Waals surface area contributed by atoms with E-state index in [1.165, 1.54) is 5.56 Å². The van der Waals surface area contributed by atoms with Gasteiger partial charge in [0.2, 0.25) is 0 Å². The summed E-state index contributed by atoms with van der Waals surface area (Å²) in [5.41, 5.74) is 3.25. The molecule has 24 heavy (non-hydrogen) atoms. The lowest BCUT2D eigenvalue weighted by Crippen LogP contribution is -2.00. The van der Waals surface area contributed by atoms with Crippen LogP contribution < -0.4 is 4.74 Å². The summed E-state index contributed by atoms with van der Waals surface area (Å²) in [5.74, 6) is 2.81. The molecule has 1 aromatic carbocycles. The standard InChI is InChI=1S/C16H16N4O.CH2O2/c1-11-18-13(10-19(11)2)16-17-7-8-20(16)14-4-3-5-15-12(14)6-9-21-15;2-1-3/h3-5,7-8,10H,6,9H2,1-2H3;1H,(H,2,3). The van der Waals surface area contributed by atoms with Crippen LogP contribution in [0.25, 0.3) is 17.2 Å². The molecule has 0 fully saturated rings. The third-order valence-corrected chi connectivity index (χ3v) is 3.96. The molecule has 7 heteroatoms. The van der Waals surface area contributed by atoms with Crippen molar-refractivity contribution in [2.24, 2.45) is 7.05 Å². The van der Waals surface area contributed by atoms with Crippen LogP contribution in [0.2, 0.25) is 0 Å². The number of benzene rings is 1. The van der Waals surface area contributed by atoms with Crippen LogP contribution in [0.15, 0.2) is 36.8 Å². The fourth-order valence-electron chi connectivity index (χ4n) is 2.78. The molecule has 0 unspecified atom stereocenters. The normalized spacial score (nSPS) is 12.1. The Hall–Kier alpha value is -3.09. The van der Waals surface area contributed by atoms with E-state index >= 15 is 0 Å². The van der Waals surface area contributed by atoms with Crippen LogP contribution in [0, 0.1) is 6.92 Å². The highest BCUT2D eigenvalue weighted by Crippen LogP contribution is 2.32. The zero-order valence-electron chi connectivity index (χ0n) is 13.5. The molecule has 0 amide bonds. The van der Waals surface area contributed by atoms with Gasteiger partial charge in [-0.05, 0) is 19.1 Å². The number of fused-ring (bicyclic) bond motifs is 1. The maximum Gasteiger partial charge on any atom is 0.290 e. The number of aryl methyl sites for hydroxylation is 2. The van der Waals surface area contributed by atoms with Crippen molar-refractivity contribution in [3.05, 3.63) is 48.2 Å². The van der Waals surface area contributed by atoms with Crippen LogP contribution in [-0.4, -0.2) is 37.3 Å². The second-order valence-corrected chi connectivity index (χ2v) is 5.36. The molecule has 1 aliphatic heterocycles. The third-order valence-electron chi connectivity index (χ3n) is 3.96. The van der Waals surface area contributed by atoms with Crippen molar-refractivity contribution in [3.63, 3.8) is 0 Å². The molecule has 1 aliphatic rings. The van der Waals surface area contributed by atoms with Crippen molar-refractivity contribution in [2.45, 2.75) is 13.3 Å². The van der Waals surface area contributed by atoms with Gasteiger partial charge in [-0.2, -0.15) is 0 Å². The van der Waals surface area contributed by atoms with Crippen molar-refractivity contribution in [1.29, 1.82) is 0 Å². The van der Waals surface area contributed by atoms with Crippen molar-refractivity contribution in [3.8, 4) is 23.0 Å². The van der Waals surface area contributed by atoms with Gasteiger partial charge in [-0.3, -0.25) is 9.36 Å². The zero-order valence-corrected chi connectivity index (χ0v) is 13.5. The van der Waals surface area contributed by atoms with E-state index in [0.717, 1.165) is 41.8 Å². The molecule has 0 radical (unpaired) electrons. The van der Waals surface area contributed by atoms with Crippen LogP contribution >= 0.6 is 0 Å². The Morgan fingerprint density at radius 3 is 2.88 bits per heavy atom. The SMILES string of the molecule is Cc1nc(-c2nccn2-c2cccc3c2CCO3)cn1C.O=CO. The Bertz CT molecular complexity index is 847. The van der Waals surface area contributed by atoms with Gasteiger partial charge in [0.15, 0.2) is 5.82 Å². The van der Waals surface area contributed by atoms with E-state index in [-0.39, 0.29) is 6.47 Å². The van der Waals surface area contributed by atoms with Crippen LogP contribution in [0.3, 0.4) is 0 Å². The summed E-state index contributed by atoms with van der Waals surface area (Å²) in [6.07, 6.45) is 6.74. The predicted octanol–water partition coefficient (Wildman–Crippen LogP) is 2.22. The zero-order chi connectivity index (χ0) is 17.1. The molecule has 3 heterocycles. The monoisotopic (exact) mass is 326 g/mol. The molecule has 124 valence electrons. The topological polar surface area (TPSA) is 82.2 Å². The first-order valence-electron chi connectivity index (χ1n) is 7.52. The van der Waals surface area contributed by atoms with Crippen LogP contribution in [0.1, 0.15) is 11.4 Å². The Balaban J connectivity index is 0.000000526. The molecule has 3 aromatic rings. The van der Waals surface area contributed by atoms with Crippen molar-refractivity contribution >= 4 is 6.47 Å². The number of hydrogen-bond acceptors (Lipinski definition) is 4. The molecule has 0 saturated carbocycles. The number of aromatic nitrogens is 4. The molecule has 0 spiro atoms. The number of hydrogen-bond donors (Lipinski definition) is 1. The smallest absolute Gasteiger partial charge is 0.290 e. The van der Waals surface area contributed by atoms with Gasteiger partial charge >= 0.3 is 0 Å². The number of carbonyl (C=O) groups is 1. The van der Waals surface area contributed by atoms with E-state index in [2.05, 4.69) is 20.6 Å². The van der Waals surface area contributed by atoms with Gasteiger partial charge in [0.05, 0.1) is 12.3 Å². The Kier molecular flexibility index (Phi) is 4.33. The van der Waals surface area contributed by atoms with Crippen molar-refractivity contribution in [1.82, 2.24) is 19.1 Å². The fraction of sp³-hybridized carbons (Fsp3) is 0.235. The number of nitrogens with zero attached hydrogens (tertiary/aromatic N) is 4. The van der Waals surface area contributed by atoms with Gasteiger partial charge in [-0.1, -0.05) is 6.07 Å².